The van der Waals surface area contributed by atoms with Gasteiger partial charge < -0.3 is 19.9 Å². The minimum atomic E-state index is -0.425. The second-order valence-corrected chi connectivity index (χ2v) is 3.16. The molecule has 0 radical (unpaired) electrons. The van der Waals surface area contributed by atoms with Crippen molar-refractivity contribution in [3.8, 4) is 17.2 Å². The smallest absolute Gasteiger partial charge is 0.221 e. The Bertz CT molecular complexity index is 390. The van der Waals surface area contributed by atoms with Crippen molar-refractivity contribution < 1.29 is 19.0 Å². The highest BCUT2D eigenvalue weighted by Crippen LogP contribution is 2.34. The lowest BCUT2D eigenvalue weighted by Gasteiger charge is -2.13. The van der Waals surface area contributed by atoms with E-state index in [1.165, 1.54) is 21.3 Å². The summed E-state index contributed by atoms with van der Waals surface area (Å²) in [5.41, 5.74) is 5.82. The number of rotatable bonds is 5. The predicted molar refractivity (Wildman–Crippen MR) is 59.0 cm³/mol. The molecule has 88 valence electrons. The van der Waals surface area contributed by atoms with Crippen molar-refractivity contribution in [3.05, 3.63) is 17.7 Å². The van der Waals surface area contributed by atoms with E-state index in [1.54, 1.807) is 12.1 Å². The monoisotopic (exact) mass is 225 g/mol. The highest BCUT2D eigenvalue weighted by atomic mass is 16.5. The van der Waals surface area contributed by atoms with Crippen LogP contribution in [0.4, 0.5) is 0 Å². The third-order valence-corrected chi connectivity index (χ3v) is 2.15. The first-order valence-electron chi connectivity index (χ1n) is 4.69. The maximum absolute atomic E-state index is 10.9. The summed E-state index contributed by atoms with van der Waals surface area (Å²) in [5.74, 6) is 1.22. The van der Waals surface area contributed by atoms with Crippen LogP contribution >= 0.6 is 0 Å². The molecule has 0 aliphatic carbocycles. The second-order valence-electron chi connectivity index (χ2n) is 3.16. The summed E-state index contributed by atoms with van der Waals surface area (Å²) in [6.45, 7) is 0. The van der Waals surface area contributed by atoms with Crippen molar-refractivity contribution in [2.75, 3.05) is 21.3 Å². The lowest BCUT2D eigenvalue weighted by molar-refractivity contribution is -0.117. The van der Waals surface area contributed by atoms with Crippen molar-refractivity contribution in [3.63, 3.8) is 0 Å². The SMILES string of the molecule is COc1cc(OC)c(OC)cc1CC(N)=O. The Morgan fingerprint density at radius 3 is 2.00 bits per heavy atom. The first kappa shape index (κ1) is 12.2. The van der Waals surface area contributed by atoms with Gasteiger partial charge in [0.25, 0.3) is 0 Å². The Kier molecular flexibility index (Phi) is 3.99. The van der Waals surface area contributed by atoms with E-state index < -0.39 is 5.91 Å². The normalized spacial score (nSPS) is 9.69. The number of ether oxygens (including phenoxy) is 3. The van der Waals surface area contributed by atoms with Gasteiger partial charge in [-0.3, -0.25) is 4.79 Å². The van der Waals surface area contributed by atoms with Crippen LogP contribution in [-0.4, -0.2) is 27.2 Å². The molecule has 5 heteroatoms. The summed E-state index contributed by atoms with van der Waals surface area (Å²) in [6.07, 6.45) is 0.101. The fraction of sp³-hybridized carbons (Fsp3) is 0.364. The van der Waals surface area contributed by atoms with E-state index in [4.69, 9.17) is 19.9 Å². The maximum atomic E-state index is 10.9. The van der Waals surface area contributed by atoms with Gasteiger partial charge in [0, 0.05) is 11.6 Å². The minimum absolute atomic E-state index is 0.101. The molecule has 1 amide bonds. The maximum Gasteiger partial charge on any atom is 0.221 e. The fourth-order valence-corrected chi connectivity index (χ4v) is 1.42. The second kappa shape index (κ2) is 5.25. The summed E-state index contributed by atoms with van der Waals surface area (Å²) >= 11 is 0. The summed E-state index contributed by atoms with van der Waals surface area (Å²) in [4.78, 5) is 10.9. The first-order valence-corrected chi connectivity index (χ1v) is 4.69. The predicted octanol–water partition coefficient (Wildman–Crippen LogP) is 0.740. The van der Waals surface area contributed by atoms with E-state index in [0.29, 0.717) is 22.8 Å². The summed E-state index contributed by atoms with van der Waals surface area (Å²) in [5, 5.41) is 0. The number of amides is 1. The zero-order chi connectivity index (χ0) is 12.1. The van der Waals surface area contributed by atoms with Gasteiger partial charge in [0.15, 0.2) is 11.5 Å². The molecule has 0 saturated carbocycles. The van der Waals surface area contributed by atoms with Crippen LogP contribution in [0.15, 0.2) is 12.1 Å². The van der Waals surface area contributed by atoms with Gasteiger partial charge >= 0.3 is 0 Å². The van der Waals surface area contributed by atoms with Gasteiger partial charge in [-0.2, -0.15) is 0 Å². The molecule has 0 saturated heterocycles. The van der Waals surface area contributed by atoms with Crippen molar-refractivity contribution in [2.45, 2.75) is 6.42 Å². The average molecular weight is 225 g/mol. The zero-order valence-electron chi connectivity index (χ0n) is 9.57. The molecule has 1 aromatic carbocycles. The van der Waals surface area contributed by atoms with Crippen LogP contribution in [0.3, 0.4) is 0 Å². The van der Waals surface area contributed by atoms with Crippen molar-refractivity contribution >= 4 is 5.91 Å². The van der Waals surface area contributed by atoms with Gasteiger partial charge in [0.2, 0.25) is 5.91 Å². The van der Waals surface area contributed by atoms with Crippen LogP contribution < -0.4 is 19.9 Å². The lowest BCUT2D eigenvalue weighted by Crippen LogP contribution is -2.14. The van der Waals surface area contributed by atoms with Crippen molar-refractivity contribution in [2.24, 2.45) is 5.73 Å². The fourth-order valence-electron chi connectivity index (χ4n) is 1.42. The Hall–Kier alpha value is -1.91. The summed E-state index contributed by atoms with van der Waals surface area (Å²) < 4.78 is 15.4. The number of hydrogen-bond acceptors (Lipinski definition) is 4. The molecule has 1 aromatic rings. The third kappa shape index (κ3) is 2.56. The molecule has 0 atom stereocenters. The standard InChI is InChI=1S/C11H15NO4/c1-14-8-6-10(16-3)9(15-2)4-7(8)5-11(12)13/h4,6H,5H2,1-3H3,(H2,12,13). The molecule has 0 spiro atoms. The van der Waals surface area contributed by atoms with E-state index >= 15 is 0 Å². The van der Waals surface area contributed by atoms with Crippen LogP contribution in [0.25, 0.3) is 0 Å². The van der Waals surface area contributed by atoms with E-state index in [2.05, 4.69) is 0 Å². The molecular formula is C11H15NO4. The third-order valence-electron chi connectivity index (χ3n) is 2.15. The van der Waals surface area contributed by atoms with Gasteiger partial charge in [-0.15, -0.1) is 0 Å². The minimum Gasteiger partial charge on any atom is -0.496 e. The molecule has 1 rings (SSSR count). The van der Waals surface area contributed by atoms with Crippen molar-refractivity contribution in [1.82, 2.24) is 0 Å². The number of nitrogens with two attached hydrogens (primary N) is 1. The van der Waals surface area contributed by atoms with Gasteiger partial charge in [-0.25, -0.2) is 0 Å². The molecule has 16 heavy (non-hydrogen) atoms. The number of methoxy groups -OCH3 is 3. The molecular weight excluding hydrogens is 210 g/mol. The zero-order valence-corrected chi connectivity index (χ0v) is 9.57. The molecule has 0 aromatic heterocycles. The topological polar surface area (TPSA) is 70.8 Å². The molecule has 0 fully saturated rings. The molecule has 5 nitrogen and oxygen atoms in total. The highest BCUT2D eigenvalue weighted by Gasteiger charge is 2.13. The quantitative estimate of drug-likeness (QED) is 0.802. The Labute approximate surface area is 94.1 Å². The van der Waals surface area contributed by atoms with Crippen LogP contribution in [-0.2, 0) is 11.2 Å². The average Bonchev–Trinajstić information content (AvgIpc) is 2.27. The Balaban J connectivity index is 3.20. The lowest BCUT2D eigenvalue weighted by atomic mass is 10.1. The van der Waals surface area contributed by atoms with E-state index in [-0.39, 0.29) is 6.42 Å². The first-order chi connectivity index (χ1) is 7.62. The molecule has 0 aliphatic heterocycles. The van der Waals surface area contributed by atoms with E-state index in [0.717, 1.165) is 0 Å². The van der Waals surface area contributed by atoms with Gasteiger partial charge in [-0.1, -0.05) is 0 Å². The molecule has 0 aliphatic rings. The Morgan fingerprint density at radius 2 is 1.56 bits per heavy atom. The van der Waals surface area contributed by atoms with Gasteiger partial charge in [0.05, 0.1) is 27.8 Å². The van der Waals surface area contributed by atoms with Crippen LogP contribution in [0.2, 0.25) is 0 Å². The van der Waals surface area contributed by atoms with E-state index in [9.17, 15) is 4.79 Å². The number of benzene rings is 1. The summed E-state index contributed by atoms with van der Waals surface area (Å²) in [7, 11) is 4.58. The highest BCUT2D eigenvalue weighted by molar-refractivity contribution is 5.78. The van der Waals surface area contributed by atoms with Crippen molar-refractivity contribution in [1.29, 1.82) is 0 Å². The molecule has 0 heterocycles. The van der Waals surface area contributed by atoms with E-state index in [1.807, 2.05) is 0 Å². The number of primary amides is 1. The number of hydrogen-bond donors (Lipinski definition) is 1. The Morgan fingerprint density at radius 1 is 1.06 bits per heavy atom. The van der Waals surface area contributed by atoms with Crippen LogP contribution in [0.5, 0.6) is 17.2 Å². The largest absolute Gasteiger partial charge is 0.496 e. The molecule has 0 unspecified atom stereocenters. The van der Waals surface area contributed by atoms with Gasteiger partial charge in [0.1, 0.15) is 5.75 Å². The summed E-state index contributed by atoms with van der Waals surface area (Å²) in [6, 6.07) is 3.35. The molecule has 2 N–H and O–H groups in total. The van der Waals surface area contributed by atoms with Crippen LogP contribution in [0, 0.1) is 0 Å². The molecule has 0 bridgehead atoms. The number of carbonyl (C=O) groups is 1. The number of carbonyl (C=O) groups excluding carboxylic acids is 1. The van der Waals surface area contributed by atoms with Gasteiger partial charge in [-0.05, 0) is 6.07 Å². The van der Waals surface area contributed by atoms with Crippen LogP contribution in [0.1, 0.15) is 5.56 Å².